The largest absolute Gasteiger partial charge is 0.497 e. The average Bonchev–Trinajstić information content (AvgIpc) is 3.40. The highest BCUT2D eigenvalue weighted by molar-refractivity contribution is 6.00. The number of piperazine rings is 1. The van der Waals surface area contributed by atoms with Crippen LogP contribution in [0.4, 0.5) is 17.6 Å². The minimum Gasteiger partial charge on any atom is -0.497 e. The van der Waals surface area contributed by atoms with Gasteiger partial charge in [-0.1, -0.05) is 12.1 Å². The molecule has 2 aromatic heterocycles. The molecule has 1 fully saturated rings. The first kappa shape index (κ1) is 29.3. The molecule has 1 N–H and O–H groups in total. The SMILES string of the molecule is COc1ccc(-c2nc3c(C(=O)N4CCN([C@H](CO)c5cccc(OC)c5F)CC4)cnn3c(C(F)(F)F)c2C)cc1. The van der Waals surface area contributed by atoms with Gasteiger partial charge in [0.25, 0.3) is 5.91 Å². The monoisotopic (exact) mass is 587 g/mol. The lowest BCUT2D eigenvalue weighted by atomic mass is 10.0. The van der Waals surface area contributed by atoms with Gasteiger partial charge in [-0.3, -0.25) is 9.69 Å². The van der Waals surface area contributed by atoms with Crippen molar-refractivity contribution >= 4 is 11.6 Å². The lowest BCUT2D eigenvalue weighted by Crippen LogP contribution is -2.50. The van der Waals surface area contributed by atoms with Crippen molar-refractivity contribution < 1.29 is 36.9 Å². The molecule has 1 aliphatic heterocycles. The first-order chi connectivity index (χ1) is 20.1. The van der Waals surface area contributed by atoms with Crippen molar-refractivity contribution in [3.05, 3.63) is 76.9 Å². The Hall–Kier alpha value is -4.23. The number of amides is 1. The fraction of sp³-hybridized carbons (Fsp3) is 0.345. The molecular weight excluding hydrogens is 558 g/mol. The van der Waals surface area contributed by atoms with Crippen LogP contribution in [0.5, 0.6) is 11.5 Å². The molecule has 42 heavy (non-hydrogen) atoms. The molecule has 222 valence electrons. The van der Waals surface area contributed by atoms with Crippen molar-refractivity contribution in [1.29, 1.82) is 0 Å². The molecule has 0 bridgehead atoms. The number of hydrogen-bond donors (Lipinski definition) is 1. The van der Waals surface area contributed by atoms with Crippen molar-refractivity contribution in [2.45, 2.75) is 19.1 Å². The highest BCUT2D eigenvalue weighted by atomic mass is 19.4. The summed E-state index contributed by atoms with van der Waals surface area (Å²) in [6.45, 7) is 1.95. The molecule has 2 aromatic carbocycles. The zero-order valence-electron chi connectivity index (χ0n) is 23.2. The van der Waals surface area contributed by atoms with Crippen LogP contribution in [-0.4, -0.2) is 82.4 Å². The van der Waals surface area contributed by atoms with E-state index in [1.165, 1.54) is 32.1 Å². The van der Waals surface area contributed by atoms with Gasteiger partial charge in [0, 0.05) is 42.9 Å². The normalized spacial score (nSPS) is 15.2. The summed E-state index contributed by atoms with van der Waals surface area (Å²) in [4.78, 5) is 21.4. The second-order valence-corrected chi connectivity index (χ2v) is 9.84. The first-order valence-corrected chi connectivity index (χ1v) is 13.2. The summed E-state index contributed by atoms with van der Waals surface area (Å²) in [7, 11) is 2.84. The van der Waals surface area contributed by atoms with Gasteiger partial charge in [-0.25, -0.2) is 13.9 Å². The Balaban J connectivity index is 1.44. The van der Waals surface area contributed by atoms with E-state index in [4.69, 9.17) is 9.47 Å². The molecule has 1 atom stereocenters. The number of benzene rings is 2. The van der Waals surface area contributed by atoms with Crippen LogP contribution in [0.1, 0.15) is 33.2 Å². The maximum absolute atomic E-state index is 14.9. The molecule has 0 aliphatic carbocycles. The molecule has 1 saturated heterocycles. The number of aliphatic hydroxyl groups excluding tert-OH is 1. The summed E-state index contributed by atoms with van der Waals surface area (Å²) < 4.78 is 68.6. The topological polar surface area (TPSA) is 92.4 Å². The van der Waals surface area contributed by atoms with Crippen molar-refractivity contribution in [3.8, 4) is 22.8 Å². The van der Waals surface area contributed by atoms with E-state index in [0.29, 0.717) is 28.9 Å². The number of aromatic nitrogens is 3. The summed E-state index contributed by atoms with van der Waals surface area (Å²) in [6.07, 6.45) is -3.66. The van der Waals surface area contributed by atoms with Crippen LogP contribution in [0, 0.1) is 12.7 Å². The van der Waals surface area contributed by atoms with E-state index < -0.39 is 29.6 Å². The summed E-state index contributed by atoms with van der Waals surface area (Å²) in [5.74, 6) is -0.505. The molecule has 4 aromatic rings. The molecule has 3 heterocycles. The number of carbonyl (C=O) groups is 1. The quantitative estimate of drug-likeness (QED) is 0.321. The lowest BCUT2D eigenvalue weighted by molar-refractivity contribution is -0.143. The number of carbonyl (C=O) groups excluding carboxylic acids is 1. The Morgan fingerprint density at radius 2 is 1.74 bits per heavy atom. The Bertz CT molecular complexity index is 1600. The van der Waals surface area contributed by atoms with Gasteiger partial charge >= 0.3 is 6.18 Å². The number of ether oxygens (including phenoxy) is 2. The van der Waals surface area contributed by atoms with Gasteiger partial charge in [0.05, 0.1) is 38.8 Å². The van der Waals surface area contributed by atoms with Crippen LogP contribution in [-0.2, 0) is 6.18 Å². The molecule has 0 unspecified atom stereocenters. The lowest BCUT2D eigenvalue weighted by Gasteiger charge is -2.38. The van der Waals surface area contributed by atoms with E-state index in [0.717, 1.165) is 6.20 Å². The zero-order chi connectivity index (χ0) is 30.2. The Kier molecular flexibility index (Phi) is 8.06. The van der Waals surface area contributed by atoms with Crippen molar-refractivity contribution in [3.63, 3.8) is 0 Å². The summed E-state index contributed by atoms with van der Waals surface area (Å²) in [6, 6.07) is 10.5. The minimum absolute atomic E-state index is 0.0582. The van der Waals surface area contributed by atoms with Crippen molar-refractivity contribution in [2.24, 2.45) is 0 Å². The fourth-order valence-corrected chi connectivity index (χ4v) is 5.35. The molecule has 1 amide bonds. The minimum atomic E-state index is -4.76. The van der Waals surface area contributed by atoms with Gasteiger partial charge in [-0.2, -0.15) is 18.3 Å². The maximum Gasteiger partial charge on any atom is 0.433 e. The summed E-state index contributed by atoms with van der Waals surface area (Å²) in [5, 5.41) is 14.0. The molecule has 1 aliphatic rings. The third kappa shape index (κ3) is 5.25. The van der Waals surface area contributed by atoms with Crippen LogP contribution < -0.4 is 9.47 Å². The molecule has 0 saturated carbocycles. The molecule has 13 heteroatoms. The molecule has 9 nitrogen and oxygen atoms in total. The van der Waals surface area contributed by atoms with Crippen LogP contribution in [0.3, 0.4) is 0 Å². The van der Waals surface area contributed by atoms with Gasteiger partial charge in [-0.15, -0.1) is 0 Å². The van der Waals surface area contributed by atoms with E-state index in [1.54, 1.807) is 36.4 Å². The van der Waals surface area contributed by atoms with Crippen LogP contribution >= 0.6 is 0 Å². The first-order valence-electron chi connectivity index (χ1n) is 13.2. The number of methoxy groups -OCH3 is 2. The maximum atomic E-state index is 14.9. The van der Waals surface area contributed by atoms with E-state index >= 15 is 0 Å². The summed E-state index contributed by atoms with van der Waals surface area (Å²) >= 11 is 0. The molecule has 0 radical (unpaired) electrons. The zero-order valence-corrected chi connectivity index (χ0v) is 23.2. The van der Waals surface area contributed by atoms with E-state index in [9.17, 15) is 27.5 Å². The molecular formula is C29H29F4N5O4. The van der Waals surface area contributed by atoms with Gasteiger partial charge in [0.15, 0.2) is 22.9 Å². The van der Waals surface area contributed by atoms with Crippen molar-refractivity contribution in [1.82, 2.24) is 24.4 Å². The second-order valence-electron chi connectivity index (χ2n) is 9.84. The van der Waals surface area contributed by atoms with Gasteiger partial charge in [0.2, 0.25) is 0 Å². The molecule has 0 spiro atoms. The average molecular weight is 588 g/mol. The summed E-state index contributed by atoms with van der Waals surface area (Å²) in [5.41, 5.74) is -0.662. The third-order valence-corrected chi connectivity index (χ3v) is 7.53. The standard InChI is InChI=1S/C29H29F4N5O4/c1-17-25(18-7-9-19(41-2)10-8-18)35-27-21(15-34-38(27)26(17)29(31,32)33)28(40)37-13-11-36(12-14-37)22(16-39)20-5-4-6-23(42-3)24(20)30/h4-10,15,22,39H,11-14,16H2,1-3H3/t22-/m1/s1. The number of rotatable bonds is 7. The Morgan fingerprint density at radius 3 is 2.33 bits per heavy atom. The van der Waals surface area contributed by atoms with Crippen LogP contribution in [0.2, 0.25) is 0 Å². The van der Waals surface area contributed by atoms with Crippen LogP contribution in [0.25, 0.3) is 16.9 Å². The van der Waals surface area contributed by atoms with Gasteiger partial charge in [-0.05, 0) is 37.3 Å². The Morgan fingerprint density at radius 1 is 1.05 bits per heavy atom. The number of halogens is 4. The number of nitrogens with zero attached hydrogens (tertiary/aromatic N) is 5. The highest BCUT2D eigenvalue weighted by Crippen LogP contribution is 2.37. The molecule has 5 rings (SSSR count). The number of alkyl halides is 3. The van der Waals surface area contributed by atoms with Gasteiger partial charge in [0.1, 0.15) is 11.3 Å². The van der Waals surface area contributed by atoms with E-state index in [1.807, 2.05) is 4.90 Å². The predicted octanol–water partition coefficient (Wildman–Crippen LogP) is 4.37. The van der Waals surface area contributed by atoms with E-state index in [2.05, 4.69) is 10.1 Å². The smallest absolute Gasteiger partial charge is 0.433 e. The highest BCUT2D eigenvalue weighted by Gasteiger charge is 2.39. The number of fused-ring (bicyclic) bond motifs is 1. The predicted molar refractivity (Wildman–Crippen MR) is 145 cm³/mol. The third-order valence-electron chi connectivity index (χ3n) is 7.53. The number of aliphatic hydroxyl groups is 1. The fourth-order valence-electron chi connectivity index (χ4n) is 5.35. The van der Waals surface area contributed by atoms with Crippen LogP contribution in [0.15, 0.2) is 48.7 Å². The van der Waals surface area contributed by atoms with E-state index in [-0.39, 0.29) is 53.5 Å². The van der Waals surface area contributed by atoms with Crippen molar-refractivity contribution in [2.75, 3.05) is 47.0 Å². The Labute approximate surface area is 238 Å². The number of hydrogen-bond acceptors (Lipinski definition) is 7. The second kappa shape index (κ2) is 11.6. The van der Waals surface area contributed by atoms with Gasteiger partial charge < -0.3 is 19.5 Å².